The van der Waals surface area contributed by atoms with Gasteiger partial charge in [-0.05, 0) is 38.3 Å². The Morgan fingerprint density at radius 3 is 3.11 bits per heavy atom. The monoisotopic (exact) mass is 267 g/mol. The quantitative estimate of drug-likeness (QED) is 0.880. The Hall–Kier alpha value is -1.69. The number of amides is 2. The van der Waals surface area contributed by atoms with E-state index in [4.69, 9.17) is 0 Å². The minimum Gasteiger partial charge on any atom is -0.393 e. The SMILES string of the molecule is C[C@H](O)C[C@H]1CCCN1C(=O)Nc1ccc(F)cn1. The lowest BCUT2D eigenvalue weighted by molar-refractivity contribution is 0.142. The Bertz CT molecular complexity index is 436. The van der Waals surface area contributed by atoms with Crippen molar-refractivity contribution in [3.8, 4) is 0 Å². The molecule has 2 rings (SSSR count). The number of hydrogen-bond acceptors (Lipinski definition) is 3. The third-order valence-corrected chi connectivity index (χ3v) is 3.21. The minimum atomic E-state index is -0.439. The molecule has 0 aromatic carbocycles. The highest BCUT2D eigenvalue weighted by atomic mass is 19.1. The molecule has 0 bridgehead atoms. The average molecular weight is 267 g/mol. The average Bonchev–Trinajstić information content (AvgIpc) is 2.79. The van der Waals surface area contributed by atoms with Gasteiger partial charge in [0, 0.05) is 12.6 Å². The van der Waals surface area contributed by atoms with Gasteiger partial charge in [-0.15, -0.1) is 0 Å². The van der Waals surface area contributed by atoms with Crippen molar-refractivity contribution in [1.29, 1.82) is 0 Å². The third kappa shape index (κ3) is 3.64. The standard InChI is InChI=1S/C13H18FN3O2/c1-9(18)7-11-3-2-6-17(11)13(19)16-12-5-4-10(14)8-15-12/h4-5,8-9,11,18H,2-3,6-7H2,1H3,(H,15,16,19)/t9-,11+/m0/s1. The minimum absolute atomic E-state index is 0.0560. The fraction of sp³-hybridized carbons (Fsp3) is 0.538. The number of carbonyl (C=O) groups excluding carboxylic acids is 1. The van der Waals surface area contributed by atoms with Gasteiger partial charge in [0.1, 0.15) is 11.6 Å². The van der Waals surface area contributed by atoms with Crippen molar-refractivity contribution in [2.75, 3.05) is 11.9 Å². The van der Waals surface area contributed by atoms with Crippen molar-refractivity contribution < 1.29 is 14.3 Å². The molecule has 5 nitrogen and oxygen atoms in total. The lowest BCUT2D eigenvalue weighted by Gasteiger charge is -2.25. The highest BCUT2D eigenvalue weighted by Gasteiger charge is 2.29. The lowest BCUT2D eigenvalue weighted by Crippen LogP contribution is -2.40. The molecule has 0 saturated carbocycles. The van der Waals surface area contributed by atoms with E-state index in [1.165, 1.54) is 12.1 Å². The number of carbonyl (C=O) groups is 1. The van der Waals surface area contributed by atoms with Crippen molar-refractivity contribution >= 4 is 11.8 Å². The van der Waals surface area contributed by atoms with E-state index in [1.807, 2.05) is 0 Å². The Morgan fingerprint density at radius 1 is 1.68 bits per heavy atom. The maximum atomic E-state index is 12.7. The fourth-order valence-corrected chi connectivity index (χ4v) is 2.37. The Kier molecular flexibility index (Phi) is 4.31. The first kappa shape index (κ1) is 13.7. The van der Waals surface area contributed by atoms with Gasteiger partial charge in [-0.25, -0.2) is 14.2 Å². The topological polar surface area (TPSA) is 65.5 Å². The first-order valence-corrected chi connectivity index (χ1v) is 6.43. The number of halogens is 1. The zero-order valence-electron chi connectivity index (χ0n) is 10.8. The van der Waals surface area contributed by atoms with Crippen LogP contribution >= 0.6 is 0 Å². The molecular weight excluding hydrogens is 249 g/mol. The van der Waals surface area contributed by atoms with Crippen LogP contribution in [-0.4, -0.2) is 39.7 Å². The van der Waals surface area contributed by atoms with Crippen LogP contribution < -0.4 is 5.32 Å². The van der Waals surface area contributed by atoms with Gasteiger partial charge in [0.25, 0.3) is 0 Å². The summed E-state index contributed by atoms with van der Waals surface area (Å²) in [6, 6.07) is 2.48. The summed E-state index contributed by atoms with van der Waals surface area (Å²) in [5.74, 6) is -0.111. The molecule has 0 unspecified atom stereocenters. The number of aliphatic hydroxyl groups is 1. The van der Waals surface area contributed by atoms with Gasteiger partial charge < -0.3 is 10.0 Å². The van der Waals surface area contributed by atoms with Crippen LogP contribution in [0.1, 0.15) is 26.2 Å². The van der Waals surface area contributed by atoms with Gasteiger partial charge in [0.2, 0.25) is 0 Å². The van der Waals surface area contributed by atoms with Gasteiger partial charge in [0.15, 0.2) is 0 Å². The third-order valence-electron chi connectivity index (χ3n) is 3.21. The second-order valence-corrected chi connectivity index (χ2v) is 4.87. The molecule has 1 aromatic rings. The van der Waals surface area contributed by atoms with Gasteiger partial charge in [-0.3, -0.25) is 5.32 Å². The zero-order chi connectivity index (χ0) is 13.8. The maximum Gasteiger partial charge on any atom is 0.323 e. The molecular formula is C13H18FN3O2. The fourth-order valence-electron chi connectivity index (χ4n) is 2.37. The van der Waals surface area contributed by atoms with Crippen LogP contribution in [0.5, 0.6) is 0 Å². The summed E-state index contributed by atoms with van der Waals surface area (Å²) in [6.07, 6.45) is 3.04. The molecule has 1 aromatic heterocycles. The molecule has 2 N–H and O–H groups in total. The summed E-state index contributed by atoms with van der Waals surface area (Å²) in [7, 11) is 0. The van der Waals surface area contributed by atoms with Crippen LogP contribution in [0.25, 0.3) is 0 Å². The molecule has 1 aliphatic rings. The summed E-state index contributed by atoms with van der Waals surface area (Å²) >= 11 is 0. The molecule has 104 valence electrons. The van der Waals surface area contributed by atoms with E-state index in [9.17, 15) is 14.3 Å². The number of rotatable bonds is 3. The Balaban J connectivity index is 1.97. The van der Waals surface area contributed by atoms with Gasteiger partial charge in [0.05, 0.1) is 12.3 Å². The lowest BCUT2D eigenvalue weighted by atomic mass is 10.1. The largest absolute Gasteiger partial charge is 0.393 e. The Labute approximate surface area is 111 Å². The van der Waals surface area contributed by atoms with Crippen LogP contribution in [0.4, 0.5) is 15.0 Å². The molecule has 0 aliphatic carbocycles. The number of aromatic nitrogens is 1. The summed E-state index contributed by atoms with van der Waals surface area (Å²) in [5.41, 5.74) is 0. The molecule has 0 radical (unpaired) electrons. The molecule has 1 saturated heterocycles. The van der Waals surface area contributed by atoms with Crippen molar-refractivity contribution in [3.05, 3.63) is 24.1 Å². The predicted molar refractivity (Wildman–Crippen MR) is 69.2 cm³/mol. The van der Waals surface area contributed by atoms with E-state index < -0.39 is 11.9 Å². The van der Waals surface area contributed by atoms with Crippen molar-refractivity contribution in [2.24, 2.45) is 0 Å². The molecule has 19 heavy (non-hydrogen) atoms. The smallest absolute Gasteiger partial charge is 0.323 e. The highest BCUT2D eigenvalue weighted by Crippen LogP contribution is 2.22. The van der Waals surface area contributed by atoms with E-state index in [1.54, 1.807) is 11.8 Å². The Morgan fingerprint density at radius 2 is 2.47 bits per heavy atom. The van der Waals surface area contributed by atoms with Gasteiger partial charge in [-0.1, -0.05) is 0 Å². The molecule has 2 atom stereocenters. The summed E-state index contributed by atoms with van der Waals surface area (Å²) in [6.45, 7) is 2.39. The molecule has 2 heterocycles. The van der Waals surface area contributed by atoms with Crippen molar-refractivity contribution in [1.82, 2.24) is 9.88 Å². The van der Waals surface area contributed by atoms with E-state index in [0.717, 1.165) is 19.0 Å². The summed E-state index contributed by atoms with van der Waals surface area (Å²) in [4.78, 5) is 17.6. The van der Waals surface area contributed by atoms with E-state index in [2.05, 4.69) is 10.3 Å². The summed E-state index contributed by atoms with van der Waals surface area (Å²) < 4.78 is 12.7. The number of likely N-dealkylation sites (tertiary alicyclic amines) is 1. The van der Waals surface area contributed by atoms with E-state index in [0.29, 0.717) is 18.8 Å². The van der Waals surface area contributed by atoms with Crippen molar-refractivity contribution in [2.45, 2.75) is 38.3 Å². The van der Waals surface area contributed by atoms with Crippen LogP contribution in [-0.2, 0) is 0 Å². The summed E-state index contributed by atoms with van der Waals surface area (Å²) in [5, 5.41) is 12.1. The van der Waals surface area contributed by atoms with Crippen LogP contribution in [0, 0.1) is 5.82 Å². The van der Waals surface area contributed by atoms with Gasteiger partial charge >= 0.3 is 6.03 Å². The first-order valence-electron chi connectivity index (χ1n) is 6.43. The number of hydrogen-bond donors (Lipinski definition) is 2. The number of pyridine rings is 1. The first-order chi connectivity index (χ1) is 9.06. The number of aliphatic hydroxyl groups excluding tert-OH is 1. The number of urea groups is 1. The predicted octanol–water partition coefficient (Wildman–Crippen LogP) is 1.99. The number of nitrogens with zero attached hydrogens (tertiary/aromatic N) is 2. The van der Waals surface area contributed by atoms with E-state index in [-0.39, 0.29) is 12.1 Å². The second kappa shape index (κ2) is 5.97. The number of anilines is 1. The molecule has 1 aliphatic heterocycles. The van der Waals surface area contributed by atoms with Crippen LogP contribution in [0.3, 0.4) is 0 Å². The van der Waals surface area contributed by atoms with Crippen LogP contribution in [0.15, 0.2) is 18.3 Å². The maximum absolute atomic E-state index is 12.7. The molecule has 2 amide bonds. The van der Waals surface area contributed by atoms with E-state index >= 15 is 0 Å². The zero-order valence-corrected chi connectivity index (χ0v) is 10.8. The highest BCUT2D eigenvalue weighted by molar-refractivity contribution is 5.88. The van der Waals surface area contributed by atoms with Crippen molar-refractivity contribution in [3.63, 3.8) is 0 Å². The molecule has 0 spiro atoms. The van der Waals surface area contributed by atoms with Gasteiger partial charge in [-0.2, -0.15) is 0 Å². The second-order valence-electron chi connectivity index (χ2n) is 4.87. The molecule has 1 fully saturated rings. The molecule has 6 heteroatoms. The number of nitrogens with one attached hydrogen (secondary N) is 1. The van der Waals surface area contributed by atoms with Crippen LogP contribution in [0.2, 0.25) is 0 Å². The normalized spacial score (nSPS) is 20.4.